The van der Waals surface area contributed by atoms with Crippen LogP contribution < -0.4 is 14.8 Å². The number of nitrogens with one attached hydrogen (secondary N) is 1. The number of piperidine rings is 1. The molecule has 1 amide bonds. The molecule has 0 aliphatic carbocycles. The molecule has 9 heteroatoms. The maximum absolute atomic E-state index is 13.1. The summed E-state index contributed by atoms with van der Waals surface area (Å²) in [5, 5.41) is 2.89. The topological polar surface area (TPSA) is 84.9 Å². The van der Waals surface area contributed by atoms with Crippen molar-refractivity contribution in [1.29, 1.82) is 0 Å². The van der Waals surface area contributed by atoms with Crippen molar-refractivity contribution in [3.05, 3.63) is 53.8 Å². The lowest BCUT2D eigenvalue weighted by Gasteiger charge is -2.31. The average Bonchev–Trinajstić information content (AvgIpc) is 2.78. The molecule has 1 aliphatic heterocycles. The summed E-state index contributed by atoms with van der Waals surface area (Å²) in [5.74, 6) is 0.0686. The van der Waals surface area contributed by atoms with Crippen LogP contribution in [0.2, 0.25) is 0 Å². The van der Waals surface area contributed by atoms with Crippen molar-refractivity contribution < 1.29 is 27.1 Å². The lowest BCUT2D eigenvalue weighted by atomic mass is 9.98. The summed E-state index contributed by atoms with van der Waals surface area (Å²) in [4.78, 5) is 12.7. The summed E-state index contributed by atoms with van der Waals surface area (Å²) in [6.07, 6.45) is 1.18. The molecule has 31 heavy (non-hydrogen) atoms. The maximum atomic E-state index is 13.1. The Hall–Kier alpha value is -2.65. The van der Waals surface area contributed by atoms with E-state index in [0.29, 0.717) is 44.0 Å². The number of halogens is 1. The first-order valence-electron chi connectivity index (χ1n) is 10.2. The molecular weight excluding hydrogens is 423 g/mol. The minimum absolute atomic E-state index is 0.0247. The van der Waals surface area contributed by atoms with E-state index >= 15 is 0 Å². The Balaban J connectivity index is 1.63. The quantitative estimate of drug-likeness (QED) is 0.669. The predicted molar refractivity (Wildman–Crippen MR) is 114 cm³/mol. The third kappa shape index (κ3) is 5.54. The Kier molecular flexibility index (Phi) is 7.50. The van der Waals surface area contributed by atoms with Crippen LogP contribution in [0.1, 0.15) is 25.3 Å². The monoisotopic (exact) mass is 450 g/mol. The van der Waals surface area contributed by atoms with E-state index in [4.69, 9.17) is 9.47 Å². The molecule has 0 spiro atoms. The van der Waals surface area contributed by atoms with Gasteiger partial charge in [0.1, 0.15) is 5.82 Å². The lowest BCUT2D eigenvalue weighted by Crippen LogP contribution is -2.45. The molecule has 1 heterocycles. The molecule has 0 aromatic heterocycles. The third-order valence-corrected chi connectivity index (χ3v) is 7.08. The predicted octanol–water partition coefficient (Wildman–Crippen LogP) is 2.95. The van der Waals surface area contributed by atoms with Crippen molar-refractivity contribution in [2.24, 2.45) is 5.92 Å². The van der Waals surface area contributed by atoms with E-state index in [0.717, 1.165) is 17.7 Å². The number of benzene rings is 2. The molecule has 0 radical (unpaired) electrons. The molecule has 168 valence electrons. The molecule has 1 saturated heterocycles. The fraction of sp³-hybridized carbons (Fsp3) is 0.409. The summed E-state index contributed by atoms with van der Waals surface area (Å²) in [6.45, 7) is 3.09. The number of carbonyl (C=O) groups is 1. The van der Waals surface area contributed by atoms with Crippen molar-refractivity contribution in [2.45, 2.75) is 31.2 Å². The number of sulfonamides is 1. The Labute approximate surface area is 182 Å². The maximum Gasteiger partial charge on any atom is 0.243 e. The van der Waals surface area contributed by atoms with Crippen LogP contribution in [0.4, 0.5) is 4.39 Å². The first kappa shape index (κ1) is 23.0. The highest BCUT2D eigenvalue weighted by Crippen LogP contribution is 2.28. The first-order valence-corrected chi connectivity index (χ1v) is 11.6. The van der Waals surface area contributed by atoms with Crippen LogP contribution >= 0.6 is 0 Å². The largest absolute Gasteiger partial charge is 0.493 e. The molecule has 1 atom stereocenters. The molecule has 0 bridgehead atoms. The van der Waals surface area contributed by atoms with E-state index in [-0.39, 0.29) is 17.3 Å². The van der Waals surface area contributed by atoms with Gasteiger partial charge in [-0.05, 0) is 61.7 Å². The summed E-state index contributed by atoms with van der Waals surface area (Å²) in [7, 11) is -2.21. The van der Waals surface area contributed by atoms with E-state index < -0.39 is 21.8 Å². The molecule has 1 N–H and O–H groups in total. The van der Waals surface area contributed by atoms with Gasteiger partial charge in [-0.15, -0.1) is 0 Å². The second-order valence-corrected chi connectivity index (χ2v) is 9.23. The SMILES string of the molecule is CCOc1cc(CNC(=O)[C@H]2CCCN(S(=O)(=O)c3ccc(F)cc3)C2)ccc1OC. The Morgan fingerprint density at radius 2 is 1.94 bits per heavy atom. The second kappa shape index (κ2) is 10.1. The minimum atomic E-state index is -3.78. The number of nitrogens with zero attached hydrogens (tertiary/aromatic N) is 1. The Bertz CT molecular complexity index is 1010. The van der Waals surface area contributed by atoms with Gasteiger partial charge >= 0.3 is 0 Å². The normalized spacial score (nSPS) is 17.2. The average molecular weight is 451 g/mol. The molecule has 1 aliphatic rings. The smallest absolute Gasteiger partial charge is 0.243 e. The van der Waals surface area contributed by atoms with Gasteiger partial charge in [0.05, 0.1) is 24.5 Å². The van der Waals surface area contributed by atoms with Gasteiger partial charge in [0.25, 0.3) is 0 Å². The van der Waals surface area contributed by atoms with Crippen molar-refractivity contribution in [2.75, 3.05) is 26.8 Å². The molecule has 2 aromatic carbocycles. The molecule has 1 fully saturated rings. The highest BCUT2D eigenvalue weighted by molar-refractivity contribution is 7.89. The molecule has 2 aromatic rings. The zero-order valence-electron chi connectivity index (χ0n) is 17.6. The van der Waals surface area contributed by atoms with E-state index in [1.54, 1.807) is 13.2 Å². The van der Waals surface area contributed by atoms with Gasteiger partial charge < -0.3 is 14.8 Å². The van der Waals surface area contributed by atoms with Gasteiger partial charge in [0.2, 0.25) is 15.9 Å². The summed E-state index contributed by atoms with van der Waals surface area (Å²) in [5.41, 5.74) is 0.851. The van der Waals surface area contributed by atoms with Gasteiger partial charge in [0, 0.05) is 19.6 Å². The molecule has 0 unspecified atom stereocenters. The van der Waals surface area contributed by atoms with Crippen LogP contribution in [-0.2, 0) is 21.4 Å². The number of ether oxygens (including phenoxy) is 2. The van der Waals surface area contributed by atoms with Crippen LogP contribution in [0.3, 0.4) is 0 Å². The van der Waals surface area contributed by atoms with Crippen LogP contribution in [-0.4, -0.2) is 45.4 Å². The summed E-state index contributed by atoms with van der Waals surface area (Å²) < 4.78 is 51.0. The highest BCUT2D eigenvalue weighted by atomic mass is 32.2. The Morgan fingerprint density at radius 3 is 2.61 bits per heavy atom. The van der Waals surface area contributed by atoms with Crippen molar-refractivity contribution in [3.8, 4) is 11.5 Å². The van der Waals surface area contributed by atoms with Crippen LogP contribution in [0.15, 0.2) is 47.4 Å². The van der Waals surface area contributed by atoms with Crippen molar-refractivity contribution >= 4 is 15.9 Å². The summed E-state index contributed by atoms with van der Waals surface area (Å²) >= 11 is 0. The number of hydrogen-bond acceptors (Lipinski definition) is 5. The molecule has 0 saturated carbocycles. The van der Waals surface area contributed by atoms with E-state index in [9.17, 15) is 17.6 Å². The number of rotatable bonds is 8. The summed E-state index contributed by atoms with van der Waals surface area (Å²) in [6, 6.07) is 10.2. The standard InChI is InChI=1S/C22H27FN2O5S/c1-3-30-21-13-16(6-11-20(21)29-2)14-24-22(26)17-5-4-12-25(15-17)31(27,28)19-9-7-18(23)8-10-19/h6-11,13,17H,3-5,12,14-15H2,1-2H3,(H,24,26)/t17-/m0/s1. The number of methoxy groups -OCH3 is 1. The van der Waals surface area contributed by atoms with Crippen LogP contribution in [0.5, 0.6) is 11.5 Å². The van der Waals surface area contributed by atoms with E-state index in [1.807, 2.05) is 19.1 Å². The van der Waals surface area contributed by atoms with Gasteiger partial charge in [-0.1, -0.05) is 6.07 Å². The zero-order chi connectivity index (χ0) is 22.4. The van der Waals surface area contributed by atoms with Crippen molar-refractivity contribution in [3.63, 3.8) is 0 Å². The van der Waals surface area contributed by atoms with Gasteiger partial charge in [-0.3, -0.25) is 4.79 Å². The second-order valence-electron chi connectivity index (χ2n) is 7.29. The lowest BCUT2D eigenvalue weighted by molar-refractivity contribution is -0.126. The highest BCUT2D eigenvalue weighted by Gasteiger charge is 2.33. The third-order valence-electron chi connectivity index (χ3n) is 5.20. The fourth-order valence-electron chi connectivity index (χ4n) is 3.56. The number of hydrogen-bond donors (Lipinski definition) is 1. The zero-order valence-corrected chi connectivity index (χ0v) is 18.5. The Morgan fingerprint density at radius 1 is 1.19 bits per heavy atom. The molecule has 7 nitrogen and oxygen atoms in total. The van der Waals surface area contributed by atoms with Gasteiger partial charge in [-0.2, -0.15) is 4.31 Å². The molecular formula is C22H27FN2O5S. The van der Waals surface area contributed by atoms with Gasteiger partial charge in [-0.25, -0.2) is 12.8 Å². The minimum Gasteiger partial charge on any atom is -0.493 e. The fourth-order valence-corrected chi connectivity index (χ4v) is 5.09. The van der Waals surface area contributed by atoms with Crippen LogP contribution in [0.25, 0.3) is 0 Å². The van der Waals surface area contributed by atoms with Crippen molar-refractivity contribution in [1.82, 2.24) is 9.62 Å². The van der Waals surface area contributed by atoms with Gasteiger partial charge in [0.15, 0.2) is 11.5 Å². The number of carbonyl (C=O) groups excluding carboxylic acids is 1. The molecule has 3 rings (SSSR count). The van der Waals surface area contributed by atoms with E-state index in [1.165, 1.54) is 16.4 Å². The first-order chi connectivity index (χ1) is 14.8. The van der Waals surface area contributed by atoms with Crippen LogP contribution in [0, 0.1) is 11.7 Å². The number of amides is 1. The van der Waals surface area contributed by atoms with E-state index in [2.05, 4.69) is 5.32 Å².